The molecule has 3 rings (SSSR count). The summed E-state index contributed by atoms with van der Waals surface area (Å²) in [6.45, 7) is 6.63. The first-order chi connectivity index (χ1) is 8.65. The van der Waals surface area contributed by atoms with Crippen LogP contribution in [0.5, 0.6) is 0 Å². The number of fused-ring (bicyclic) bond motifs is 3. The Morgan fingerprint density at radius 3 is 3.00 bits per heavy atom. The van der Waals surface area contributed by atoms with Crippen LogP contribution in [0.25, 0.3) is 10.2 Å². The van der Waals surface area contributed by atoms with Crippen LogP contribution >= 0.6 is 11.3 Å². The second-order valence-electron chi connectivity index (χ2n) is 5.55. The molecule has 0 saturated heterocycles. The summed E-state index contributed by atoms with van der Waals surface area (Å²) in [6, 6.07) is 0.404. The van der Waals surface area contributed by atoms with Crippen LogP contribution in [0.3, 0.4) is 0 Å². The Kier molecular flexibility index (Phi) is 2.98. The number of anilines is 1. The maximum absolute atomic E-state index is 4.45. The van der Waals surface area contributed by atoms with Crippen LogP contribution in [0.1, 0.15) is 37.6 Å². The summed E-state index contributed by atoms with van der Waals surface area (Å²) in [5.41, 5.74) is 1.50. The lowest BCUT2D eigenvalue weighted by molar-refractivity contribution is 0.509. The lowest BCUT2D eigenvalue weighted by Crippen LogP contribution is -2.13. The zero-order valence-corrected chi connectivity index (χ0v) is 12.0. The highest BCUT2D eigenvalue weighted by Crippen LogP contribution is 2.39. The van der Waals surface area contributed by atoms with Gasteiger partial charge >= 0.3 is 0 Å². The summed E-state index contributed by atoms with van der Waals surface area (Å²) >= 11 is 1.85. The van der Waals surface area contributed by atoms with E-state index in [1.165, 1.54) is 35.1 Å². The van der Waals surface area contributed by atoms with Gasteiger partial charge in [-0.1, -0.05) is 6.92 Å². The molecule has 1 aliphatic rings. The third kappa shape index (κ3) is 1.99. The van der Waals surface area contributed by atoms with Gasteiger partial charge in [0.2, 0.25) is 0 Å². The predicted molar refractivity (Wildman–Crippen MR) is 77.4 cm³/mol. The molecule has 0 aliphatic heterocycles. The number of hydrogen-bond donors (Lipinski definition) is 1. The molecule has 2 aromatic heterocycles. The summed E-state index contributed by atoms with van der Waals surface area (Å²) in [5.74, 6) is 1.82. The molecule has 0 spiro atoms. The topological polar surface area (TPSA) is 37.8 Å². The van der Waals surface area contributed by atoms with Gasteiger partial charge < -0.3 is 5.32 Å². The van der Waals surface area contributed by atoms with E-state index in [0.717, 1.165) is 16.6 Å². The Balaban J connectivity index is 2.15. The minimum Gasteiger partial charge on any atom is -0.367 e. The van der Waals surface area contributed by atoms with Gasteiger partial charge in [0.15, 0.2) is 0 Å². The van der Waals surface area contributed by atoms with Crippen molar-refractivity contribution in [1.29, 1.82) is 0 Å². The molecule has 0 amide bonds. The molecule has 2 heterocycles. The summed E-state index contributed by atoms with van der Waals surface area (Å²) < 4.78 is 0. The number of hydrogen-bond acceptors (Lipinski definition) is 4. The number of rotatable bonds is 2. The Labute approximate surface area is 112 Å². The molecule has 1 N–H and O–H groups in total. The zero-order chi connectivity index (χ0) is 12.7. The van der Waals surface area contributed by atoms with Crippen LogP contribution in [-0.4, -0.2) is 16.0 Å². The monoisotopic (exact) mass is 261 g/mol. The minimum absolute atomic E-state index is 0.404. The quantitative estimate of drug-likeness (QED) is 0.897. The summed E-state index contributed by atoms with van der Waals surface area (Å²) in [4.78, 5) is 11.5. The average molecular weight is 261 g/mol. The normalized spacial score (nSPS) is 19.2. The van der Waals surface area contributed by atoms with E-state index < -0.39 is 0 Å². The highest BCUT2D eigenvalue weighted by atomic mass is 32.1. The van der Waals surface area contributed by atoms with E-state index in [2.05, 4.69) is 36.1 Å². The number of nitrogens with one attached hydrogen (secondary N) is 1. The van der Waals surface area contributed by atoms with Gasteiger partial charge in [-0.05, 0) is 44.6 Å². The van der Waals surface area contributed by atoms with E-state index in [0.29, 0.717) is 6.04 Å². The highest BCUT2D eigenvalue weighted by molar-refractivity contribution is 7.19. The van der Waals surface area contributed by atoms with Gasteiger partial charge in [0.1, 0.15) is 17.0 Å². The molecule has 0 bridgehead atoms. The van der Waals surface area contributed by atoms with Crippen molar-refractivity contribution in [2.45, 2.75) is 46.1 Å². The van der Waals surface area contributed by atoms with Gasteiger partial charge in [-0.3, -0.25) is 0 Å². The molecular formula is C14H19N3S. The van der Waals surface area contributed by atoms with Crippen LogP contribution in [-0.2, 0) is 12.8 Å². The first kappa shape index (κ1) is 11.9. The number of thiophene rings is 1. The van der Waals surface area contributed by atoms with Gasteiger partial charge in [-0.25, -0.2) is 9.97 Å². The molecule has 1 aliphatic carbocycles. The summed E-state index contributed by atoms with van der Waals surface area (Å²) in [7, 11) is 0. The lowest BCUT2D eigenvalue weighted by Gasteiger charge is -2.18. The van der Waals surface area contributed by atoms with Gasteiger partial charge in [-0.15, -0.1) is 11.3 Å². The number of aromatic nitrogens is 2. The standard InChI is InChI=1S/C14H19N3S/c1-8(2)17-13-12-10-5-4-9(3)6-11(10)18-14(12)16-7-15-13/h7-9H,4-6H2,1-3H3,(H,15,16,17). The highest BCUT2D eigenvalue weighted by Gasteiger charge is 2.23. The molecule has 18 heavy (non-hydrogen) atoms. The molecule has 96 valence electrons. The van der Waals surface area contributed by atoms with Gasteiger partial charge in [0, 0.05) is 10.9 Å². The second kappa shape index (κ2) is 4.50. The number of nitrogens with zero attached hydrogens (tertiary/aromatic N) is 2. The molecule has 4 heteroatoms. The van der Waals surface area contributed by atoms with E-state index >= 15 is 0 Å². The van der Waals surface area contributed by atoms with E-state index in [-0.39, 0.29) is 0 Å². The van der Waals surface area contributed by atoms with E-state index in [1.54, 1.807) is 6.33 Å². The smallest absolute Gasteiger partial charge is 0.138 e. The van der Waals surface area contributed by atoms with Crippen molar-refractivity contribution in [3.05, 3.63) is 16.8 Å². The predicted octanol–water partition coefficient (Wildman–Crippen LogP) is 3.64. The van der Waals surface area contributed by atoms with Gasteiger partial charge in [0.25, 0.3) is 0 Å². The Morgan fingerprint density at radius 2 is 2.22 bits per heavy atom. The summed E-state index contributed by atoms with van der Waals surface area (Å²) in [6.07, 6.45) is 5.35. The molecule has 0 aromatic carbocycles. The van der Waals surface area contributed by atoms with E-state index in [9.17, 15) is 0 Å². The number of aryl methyl sites for hydroxylation is 1. The van der Waals surface area contributed by atoms with Crippen LogP contribution in [0, 0.1) is 5.92 Å². The molecule has 0 saturated carbocycles. The molecule has 1 unspecified atom stereocenters. The van der Waals surface area contributed by atoms with Crippen molar-refractivity contribution in [2.75, 3.05) is 5.32 Å². The second-order valence-corrected chi connectivity index (χ2v) is 6.64. The van der Waals surface area contributed by atoms with Crippen molar-refractivity contribution in [1.82, 2.24) is 9.97 Å². The van der Waals surface area contributed by atoms with Gasteiger partial charge in [-0.2, -0.15) is 0 Å². The zero-order valence-electron chi connectivity index (χ0n) is 11.2. The maximum atomic E-state index is 4.45. The Bertz CT molecular complexity index is 574. The van der Waals surface area contributed by atoms with Crippen molar-refractivity contribution >= 4 is 27.4 Å². The van der Waals surface area contributed by atoms with Crippen molar-refractivity contribution in [2.24, 2.45) is 5.92 Å². The van der Waals surface area contributed by atoms with Crippen LogP contribution < -0.4 is 5.32 Å². The largest absolute Gasteiger partial charge is 0.367 e. The van der Waals surface area contributed by atoms with Crippen molar-refractivity contribution in [3.63, 3.8) is 0 Å². The van der Waals surface area contributed by atoms with E-state index in [4.69, 9.17) is 0 Å². The Hall–Kier alpha value is -1.16. The molecule has 0 fully saturated rings. The van der Waals surface area contributed by atoms with Crippen LogP contribution in [0.15, 0.2) is 6.33 Å². The molecule has 3 nitrogen and oxygen atoms in total. The molecule has 2 aromatic rings. The molecule has 0 radical (unpaired) electrons. The average Bonchev–Trinajstić information content (AvgIpc) is 2.66. The lowest BCUT2D eigenvalue weighted by atomic mass is 9.89. The fraction of sp³-hybridized carbons (Fsp3) is 0.571. The third-order valence-electron chi connectivity index (χ3n) is 3.52. The minimum atomic E-state index is 0.404. The Morgan fingerprint density at radius 1 is 1.39 bits per heavy atom. The van der Waals surface area contributed by atoms with Gasteiger partial charge in [0.05, 0.1) is 5.39 Å². The van der Waals surface area contributed by atoms with Crippen LogP contribution in [0.4, 0.5) is 5.82 Å². The van der Waals surface area contributed by atoms with E-state index in [1.807, 2.05) is 11.3 Å². The molecular weight excluding hydrogens is 242 g/mol. The van der Waals surface area contributed by atoms with Crippen molar-refractivity contribution in [3.8, 4) is 0 Å². The first-order valence-electron chi connectivity index (χ1n) is 6.67. The third-order valence-corrected chi connectivity index (χ3v) is 4.68. The van der Waals surface area contributed by atoms with Crippen LogP contribution in [0.2, 0.25) is 0 Å². The first-order valence-corrected chi connectivity index (χ1v) is 7.48. The SMILES string of the molecule is CC1CCc2c(sc3ncnc(NC(C)C)c23)C1. The van der Waals surface area contributed by atoms with Crippen molar-refractivity contribution < 1.29 is 0 Å². The maximum Gasteiger partial charge on any atom is 0.138 e. The summed E-state index contributed by atoms with van der Waals surface area (Å²) in [5, 5.41) is 4.73. The fourth-order valence-electron chi connectivity index (χ4n) is 2.66. The molecule has 1 atom stereocenters. The fourth-order valence-corrected chi connectivity index (χ4v) is 4.01.